The fraction of sp³-hybridized carbons (Fsp3) is 0.0909. The van der Waals surface area contributed by atoms with Gasteiger partial charge in [-0.1, -0.05) is 0 Å². The Bertz CT molecular complexity index is 802. The summed E-state index contributed by atoms with van der Waals surface area (Å²) < 4.78 is 44.4. The summed E-state index contributed by atoms with van der Waals surface area (Å²) >= 11 is 0. The molecule has 0 unspecified atom stereocenters. The van der Waals surface area contributed by atoms with Crippen LogP contribution in [0.1, 0.15) is 0 Å². The van der Waals surface area contributed by atoms with Crippen molar-refractivity contribution in [3.05, 3.63) is 24.3 Å². The molecular weight excluding hydrogens is 305 g/mol. The third-order valence-electron chi connectivity index (χ3n) is 2.49. The molecule has 0 radical (unpaired) electrons. The second-order valence-corrected chi connectivity index (χ2v) is 4.07. The maximum atomic E-state index is 12.1. The van der Waals surface area contributed by atoms with Crippen molar-refractivity contribution in [2.75, 3.05) is 11.1 Å². The molecule has 22 heavy (non-hydrogen) atoms. The molecule has 0 amide bonds. The van der Waals surface area contributed by atoms with E-state index in [4.69, 9.17) is 5.73 Å². The molecule has 11 heteroatoms. The van der Waals surface area contributed by atoms with E-state index in [2.05, 4.69) is 35.0 Å². The highest BCUT2D eigenvalue weighted by atomic mass is 19.4. The summed E-state index contributed by atoms with van der Waals surface area (Å²) in [6.07, 6.45) is -4.74. The molecule has 0 aliphatic carbocycles. The molecule has 0 aliphatic rings. The first-order chi connectivity index (χ1) is 10.4. The fourth-order valence-electron chi connectivity index (χ4n) is 1.62. The van der Waals surface area contributed by atoms with E-state index < -0.39 is 6.36 Å². The van der Waals surface area contributed by atoms with Crippen LogP contribution in [0.15, 0.2) is 28.9 Å². The van der Waals surface area contributed by atoms with Crippen LogP contribution in [0.3, 0.4) is 0 Å². The minimum absolute atomic E-state index is 0.0406. The van der Waals surface area contributed by atoms with Crippen LogP contribution in [0.2, 0.25) is 0 Å². The van der Waals surface area contributed by atoms with Gasteiger partial charge in [-0.15, -0.1) is 13.2 Å². The number of benzene rings is 1. The van der Waals surface area contributed by atoms with E-state index in [1.54, 1.807) is 0 Å². The molecule has 0 aliphatic heterocycles. The number of rotatable bonds is 3. The lowest BCUT2D eigenvalue weighted by Crippen LogP contribution is -2.17. The molecule has 0 spiro atoms. The summed E-state index contributed by atoms with van der Waals surface area (Å²) in [5, 5.41) is 9.80. The predicted molar refractivity (Wildman–Crippen MR) is 68.2 cm³/mol. The number of hydrogen-bond donors (Lipinski definition) is 2. The summed E-state index contributed by atoms with van der Waals surface area (Å²) in [6.45, 7) is 0. The van der Waals surface area contributed by atoms with Crippen molar-refractivity contribution in [1.82, 2.24) is 20.3 Å². The molecule has 3 N–H and O–H groups in total. The number of nitrogens with two attached hydrogens (primary N) is 1. The quantitative estimate of drug-likeness (QED) is 0.757. The van der Waals surface area contributed by atoms with Crippen molar-refractivity contribution in [2.45, 2.75) is 6.36 Å². The van der Waals surface area contributed by atoms with Crippen molar-refractivity contribution in [1.29, 1.82) is 0 Å². The number of nitrogens with one attached hydrogen (secondary N) is 1. The van der Waals surface area contributed by atoms with Gasteiger partial charge in [-0.3, -0.25) is 0 Å². The summed E-state index contributed by atoms with van der Waals surface area (Å²) in [7, 11) is 0. The van der Waals surface area contributed by atoms with Crippen molar-refractivity contribution in [2.24, 2.45) is 0 Å². The molecule has 0 fully saturated rings. The molecule has 8 nitrogen and oxygen atoms in total. The van der Waals surface area contributed by atoms with E-state index in [-0.39, 0.29) is 28.7 Å². The monoisotopic (exact) mass is 312 g/mol. The molecule has 2 aromatic heterocycles. The topological polar surface area (TPSA) is 112 Å². The fourth-order valence-corrected chi connectivity index (χ4v) is 1.62. The third-order valence-corrected chi connectivity index (χ3v) is 2.49. The van der Waals surface area contributed by atoms with E-state index >= 15 is 0 Å². The standard InChI is InChI=1S/C11H7F3N6O2/c12-11(13,14)21-6-3-1-5(2-4-6)16-8-7(15)17-9-10(18-8)20-22-19-9/h1-4H,(H2,15,17,19)(H,16,18,20). The first-order valence-corrected chi connectivity index (χ1v) is 5.79. The Hall–Kier alpha value is -3.11. The normalized spacial score (nSPS) is 11.6. The molecule has 114 valence electrons. The number of ether oxygens (including phenoxy) is 1. The highest BCUT2D eigenvalue weighted by molar-refractivity contribution is 5.75. The van der Waals surface area contributed by atoms with Crippen molar-refractivity contribution < 1.29 is 22.5 Å². The van der Waals surface area contributed by atoms with Gasteiger partial charge in [0.05, 0.1) is 0 Å². The second kappa shape index (κ2) is 5.02. The van der Waals surface area contributed by atoms with Gasteiger partial charge in [-0.2, -0.15) is 0 Å². The Labute approximate surface area is 120 Å². The second-order valence-electron chi connectivity index (χ2n) is 4.07. The number of halogens is 3. The van der Waals surface area contributed by atoms with Crippen molar-refractivity contribution >= 4 is 28.6 Å². The Kier molecular flexibility index (Phi) is 3.16. The highest BCUT2D eigenvalue weighted by Gasteiger charge is 2.30. The SMILES string of the molecule is Nc1nc2nonc2nc1Nc1ccc(OC(F)(F)F)cc1. The zero-order valence-electron chi connectivity index (χ0n) is 10.6. The van der Waals surface area contributed by atoms with Gasteiger partial charge in [-0.05, 0) is 34.6 Å². The van der Waals surface area contributed by atoms with Crippen LogP contribution in [-0.2, 0) is 0 Å². The summed E-state index contributed by atoms with van der Waals surface area (Å²) in [5.41, 5.74) is 6.42. The largest absolute Gasteiger partial charge is 0.573 e. The van der Waals surface area contributed by atoms with Crippen LogP contribution in [0.4, 0.5) is 30.5 Å². The summed E-state index contributed by atoms with van der Waals surface area (Å²) in [5.74, 6) is -0.125. The van der Waals surface area contributed by atoms with Crippen LogP contribution in [0.25, 0.3) is 11.3 Å². The number of alkyl halides is 3. The first kappa shape index (κ1) is 13.9. The van der Waals surface area contributed by atoms with Crippen molar-refractivity contribution in [3.8, 4) is 5.75 Å². The number of hydrogen-bond acceptors (Lipinski definition) is 8. The van der Waals surface area contributed by atoms with Gasteiger partial charge < -0.3 is 15.8 Å². The van der Waals surface area contributed by atoms with Crippen molar-refractivity contribution in [3.63, 3.8) is 0 Å². The molecule has 3 aromatic rings. The Morgan fingerprint density at radius 3 is 2.32 bits per heavy atom. The third kappa shape index (κ3) is 2.97. The number of fused-ring (bicyclic) bond motifs is 1. The molecule has 0 saturated heterocycles. The molecule has 0 bridgehead atoms. The maximum absolute atomic E-state index is 12.1. The lowest BCUT2D eigenvalue weighted by molar-refractivity contribution is -0.274. The minimum Gasteiger partial charge on any atom is -0.406 e. The molecular formula is C11H7F3N6O2. The molecule has 0 saturated carbocycles. The number of anilines is 3. The Morgan fingerprint density at radius 2 is 1.68 bits per heavy atom. The van der Waals surface area contributed by atoms with Crippen LogP contribution in [0, 0.1) is 0 Å². The lowest BCUT2D eigenvalue weighted by atomic mass is 10.3. The number of nitrogens with zero attached hydrogens (tertiary/aromatic N) is 4. The van der Waals surface area contributed by atoms with E-state index in [1.807, 2.05) is 0 Å². The first-order valence-electron chi connectivity index (χ1n) is 5.79. The van der Waals surface area contributed by atoms with Gasteiger partial charge in [0.25, 0.3) is 0 Å². The van der Waals surface area contributed by atoms with Gasteiger partial charge in [0.1, 0.15) is 5.75 Å². The Balaban J connectivity index is 1.81. The van der Waals surface area contributed by atoms with Gasteiger partial charge in [0.2, 0.25) is 11.3 Å². The molecule has 1 aromatic carbocycles. The number of aromatic nitrogens is 4. The Morgan fingerprint density at radius 1 is 1.05 bits per heavy atom. The lowest BCUT2D eigenvalue weighted by Gasteiger charge is -2.10. The minimum atomic E-state index is -4.74. The number of nitrogen functional groups attached to an aromatic ring is 1. The maximum Gasteiger partial charge on any atom is 0.573 e. The average molecular weight is 312 g/mol. The van der Waals surface area contributed by atoms with Gasteiger partial charge in [0, 0.05) is 5.69 Å². The predicted octanol–water partition coefficient (Wildman–Crippen LogP) is 2.24. The summed E-state index contributed by atoms with van der Waals surface area (Å²) in [6, 6.07) is 5.03. The van der Waals surface area contributed by atoms with Crippen LogP contribution < -0.4 is 15.8 Å². The van der Waals surface area contributed by atoms with E-state index in [1.165, 1.54) is 12.1 Å². The van der Waals surface area contributed by atoms with Crippen LogP contribution in [0.5, 0.6) is 5.75 Å². The van der Waals surface area contributed by atoms with Crippen LogP contribution in [-0.4, -0.2) is 26.6 Å². The molecule has 3 rings (SSSR count). The smallest absolute Gasteiger partial charge is 0.406 e. The van der Waals surface area contributed by atoms with E-state index in [0.717, 1.165) is 12.1 Å². The highest BCUT2D eigenvalue weighted by Crippen LogP contribution is 2.26. The zero-order valence-corrected chi connectivity index (χ0v) is 10.6. The summed E-state index contributed by atoms with van der Waals surface area (Å²) in [4.78, 5) is 7.94. The average Bonchev–Trinajstić information content (AvgIpc) is 2.87. The molecule has 0 atom stereocenters. The van der Waals surface area contributed by atoms with Crippen LogP contribution >= 0.6 is 0 Å². The van der Waals surface area contributed by atoms with Gasteiger partial charge >= 0.3 is 6.36 Å². The van der Waals surface area contributed by atoms with E-state index in [9.17, 15) is 13.2 Å². The molecule has 2 heterocycles. The van der Waals surface area contributed by atoms with Gasteiger partial charge in [0.15, 0.2) is 11.6 Å². The zero-order chi connectivity index (χ0) is 15.7. The van der Waals surface area contributed by atoms with E-state index in [0.29, 0.717) is 5.69 Å². The van der Waals surface area contributed by atoms with Gasteiger partial charge in [-0.25, -0.2) is 14.6 Å².